The molecule has 15 heavy (non-hydrogen) atoms. The van der Waals surface area contributed by atoms with Crippen molar-refractivity contribution in [2.75, 3.05) is 20.2 Å². The first-order chi connectivity index (χ1) is 7.40. The molecule has 1 aromatic carbocycles. The van der Waals surface area contributed by atoms with Crippen molar-refractivity contribution in [2.45, 2.75) is 5.92 Å². The molecule has 0 amide bonds. The van der Waals surface area contributed by atoms with Crippen molar-refractivity contribution in [3.05, 3.63) is 23.9 Å². The number of methoxy groups -OCH3 is 1. The highest BCUT2D eigenvalue weighted by atomic mass is 16.5. The molecule has 0 radical (unpaired) electrons. The molecular weight excluding hydrogens is 190 g/mol. The first-order valence-electron chi connectivity index (χ1n) is 5.12. The third-order valence-electron chi connectivity index (χ3n) is 2.98. The van der Waals surface area contributed by atoms with Crippen molar-refractivity contribution in [3.8, 4) is 5.75 Å². The van der Waals surface area contributed by atoms with Gasteiger partial charge in [0.25, 0.3) is 0 Å². The molecule has 2 N–H and O–H groups in total. The van der Waals surface area contributed by atoms with Crippen molar-refractivity contribution >= 4 is 10.9 Å². The fourth-order valence-electron chi connectivity index (χ4n) is 2.02. The van der Waals surface area contributed by atoms with Gasteiger partial charge >= 0.3 is 0 Å². The molecule has 1 aliphatic heterocycles. The van der Waals surface area contributed by atoms with Crippen LogP contribution in [0.25, 0.3) is 10.9 Å². The Morgan fingerprint density at radius 1 is 1.40 bits per heavy atom. The molecule has 0 atom stereocenters. The maximum absolute atomic E-state index is 5.36. The van der Waals surface area contributed by atoms with Crippen molar-refractivity contribution in [1.82, 2.24) is 15.5 Å². The zero-order valence-corrected chi connectivity index (χ0v) is 8.58. The molecule has 1 aromatic heterocycles. The highest BCUT2D eigenvalue weighted by Gasteiger charge is 2.24. The Labute approximate surface area is 87.6 Å². The summed E-state index contributed by atoms with van der Waals surface area (Å²) in [7, 11) is 1.70. The average molecular weight is 203 g/mol. The maximum Gasteiger partial charge on any atom is 0.130 e. The number of aromatic nitrogens is 2. The standard InChI is InChI=1S/C11H13N3O/c1-15-9-4-2-3-8-10(9)11(14-13-8)7-5-12-6-7/h2-4,7,12H,5-6H2,1H3,(H,13,14). The number of nitrogens with one attached hydrogen (secondary N) is 2. The molecule has 0 unspecified atom stereocenters. The molecule has 2 aromatic rings. The summed E-state index contributed by atoms with van der Waals surface area (Å²) < 4.78 is 5.36. The van der Waals surface area contributed by atoms with E-state index in [1.165, 1.54) is 5.69 Å². The third-order valence-corrected chi connectivity index (χ3v) is 2.98. The van der Waals surface area contributed by atoms with Crippen LogP contribution in [0.2, 0.25) is 0 Å². The number of benzene rings is 1. The molecule has 4 heteroatoms. The van der Waals surface area contributed by atoms with E-state index in [2.05, 4.69) is 15.5 Å². The molecule has 1 aliphatic rings. The summed E-state index contributed by atoms with van der Waals surface area (Å²) in [6, 6.07) is 5.95. The average Bonchev–Trinajstić information content (AvgIpc) is 2.59. The van der Waals surface area contributed by atoms with E-state index in [4.69, 9.17) is 4.74 Å². The number of fused-ring (bicyclic) bond motifs is 1. The molecule has 0 saturated carbocycles. The molecule has 1 saturated heterocycles. The Morgan fingerprint density at radius 2 is 2.27 bits per heavy atom. The van der Waals surface area contributed by atoms with Gasteiger partial charge in [0, 0.05) is 19.0 Å². The summed E-state index contributed by atoms with van der Waals surface area (Å²) in [5.74, 6) is 1.45. The van der Waals surface area contributed by atoms with Gasteiger partial charge in [0.05, 0.1) is 23.7 Å². The fourth-order valence-corrected chi connectivity index (χ4v) is 2.02. The van der Waals surface area contributed by atoms with Crippen LogP contribution in [0, 0.1) is 0 Å². The quantitative estimate of drug-likeness (QED) is 0.772. The number of nitrogens with zero attached hydrogens (tertiary/aromatic N) is 1. The molecule has 78 valence electrons. The molecular formula is C11H13N3O. The summed E-state index contributed by atoms with van der Waals surface area (Å²) >= 11 is 0. The first kappa shape index (κ1) is 8.73. The van der Waals surface area contributed by atoms with Crippen molar-refractivity contribution in [3.63, 3.8) is 0 Å². The van der Waals surface area contributed by atoms with Gasteiger partial charge in [-0.3, -0.25) is 5.10 Å². The molecule has 3 rings (SSSR count). The van der Waals surface area contributed by atoms with Crippen molar-refractivity contribution in [2.24, 2.45) is 0 Å². The van der Waals surface area contributed by atoms with E-state index in [9.17, 15) is 0 Å². The number of ether oxygens (including phenoxy) is 1. The minimum atomic E-state index is 0.547. The third kappa shape index (κ3) is 1.22. The van der Waals surface area contributed by atoms with Gasteiger partial charge in [-0.2, -0.15) is 5.10 Å². The Bertz CT molecular complexity index is 488. The van der Waals surface area contributed by atoms with E-state index in [0.717, 1.165) is 29.7 Å². The van der Waals surface area contributed by atoms with Gasteiger partial charge in [-0.15, -0.1) is 0 Å². The number of rotatable bonds is 2. The van der Waals surface area contributed by atoms with E-state index in [-0.39, 0.29) is 0 Å². The van der Waals surface area contributed by atoms with E-state index in [0.29, 0.717) is 5.92 Å². The van der Waals surface area contributed by atoms with E-state index >= 15 is 0 Å². The number of H-pyrrole nitrogens is 1. The second kappa shape index (κ2) is 3.24. The molecule has 0 spiro atoms. The lowest BCUT2D eigenvalue weighted by Gasteiger charge is -2.26. The van der Waals surface area contributed by atoms with Gasteiger partial charge in [0.15, 0.2) is 0 Å². The van der Waals surface area contributed by atoms with Crippen LogP contribution in [0.1, 0.15) is 11.6 Å². The maximum atomic E-state index is 5.36. The van der Waals surface area contributed by atoms with Gasteiger partial charge in [-0.1, -0.05) is 6.07 Å². The van der Waals surface area contributed by atoms with E-state index in [1.54, 1.807) is 7.11 Å². The van der Waals surface area contributed by atoms with Crippen molar-refractivity contribution < 1.29 is 4.74 Å². The van der Waals surface area contributed by atoms with Gasteiger partial charge in [0.1, 0.15) is 5.75 Å². The van der Waals surface area contributed by atoms with Gasteiger partial charge in [0.2, 0.25) is 0 Å². The molecule has 0 bridgehead atoms. The minimum Gasteiger partial charge on any atom is -0.496 e. The van der Waals surface area contributed by atoms with Crippen LogP contribution in [-0.2, 0) is 0 Å². The summed E-state index contributed by atoms with van der Waals surface area (Å²) in [5.41, 5.74) is 2.18. The summed E-state index contributed by atoms with van der Waals surface area (Å²) in [5, 5.41) is 11.8. The predicted octanol–water partition coefficient (Wildman–Crippen LogP) is 1.26. The predicted molar refractivity (Wildman–Crippen MR) is 58.3 cm³/mol. The Kier molecular flexibility index (Phi) is 1.89. The van der Waals surface area contributed by atoms with Crippen molar-refractivity contribution in [1.29, 1.82) is 0 Å². The highest BCUT2D eigenvalue weighted by molar-refractivity contribution is 5.88. The SMILES string of the molecule is COc1cccc2n[nH]c(C3CNC3)c12. The minimum absolute atomic E-state index is 0.547. The van der Waals surface area contributed by atoms with Gasteiger partial charge in [-0.25, -0.2) is 0 Å². The zero-order chi connectivity index (χ0) is 10.3. The van der Waals surface area contributed by atoms with E-state index < -0.39 is 0 Å². The van der Waals surface area contributed by atoms with Crippen LogP contribution in [0.5, 0.6) is 5.75 Å². The van der Waals surface area contributed by atoms with Crippen LogP contribution < -0.4 is 10.1 Å². The van der Waals surface area contributed by atoms with Crippen LogP contribution in [-0.4, -0.2) is 30.4 Å². The zero-order valence-electron chi connectivity index (χ0n) is 8.58. The summed E-state index contributed by atoms with van der Waals surface area (Å²) in [6.07, 6.45) is 0. The number of hydrogen-bond acceptors (Lipinski definition) is 3. The Hall–Kier alpha value is -1.55. The van der Waals surface area contributed by atoms with Crippen LogP contribution in [0.4, 0.5) is 0 Å². The second-order valence-electron chi connectivity index (χ2n) is 3.85. The lowest BCUT2D eigenvalue weighted by Crippen LogP contribution is -2.40. The van der Waals surface area contributed by atoms with Gasteiger partial charge in [-0.05, 0) is 12.1 Å². The lowest BCUT2D eigenvalue weighted by molar-refractivity contribution is 0.416. The Morgan fingerprint density at radius 3 is 2.93 bits per heavy atom. The fraction of sp³-hybridized carbons (Fsp3) is 0.364. The monoisotopic (exact) mass is 203 g/mol. The van der Waals surface area contributed by atoms with Gasteiger partial charge < -0.3 is 10.1 Å². The van der Waals surface area contributed by atoms with E-state index in [1.807, 2.05) is 18.2 Å². The summed E-state index contributed by atoms with van der Waals surface area (Å²) in [6.45, 7) is 2.05. The molecule has 1 fully saturated rings. The highest BCUT2D eigenvalue weighted by Crippen LogP contribution is 2.32. The van der Waals surface area contributed by atoms with Crippen LogP contribution >= 0.6 is 0 Å². The largest absolute Gasteiger partial charge is 0.496 e. The molecule has 2 heterocycles. The van der Waals surface area contributed by atoms with Crippen LogP contribution in [0.3, 0.4) is 0 Å². The smallest absolute Gasteiger partial charge is 0.130 e. The molecule has 0 aliphatic carbocycles. The lowest BCUT2D eigenvalue weighted by atomic mass is 9.96. The second-order valence-corrected chi connectivity index (χ2v) is 3.85. The number of hydrogen-bond donors (Lipinski definition) is 2. The molecule has 4 nitrogen and oxygen atoms in total. The summed E-state index contributed by atoms with van der Waals surface area (Å²) in [4.78, 5) is 0. The normalized spacial score (nSPS) is 16.6. The van der Waals surface area contributed by atoms with Crippen LogP contribution in [0.15, 0.2) is 18.2 Å². The topological polar surface area (TPSA) is 49.9 Å². The number of aromatic amines is 1. The first-order valence-corrected chi connectivity index (χ1v) is 5.12. The Balaban J connectivity index is 2.20.